The highest BCUT2D eigenvalue weighted by Gasteiger charge is 2.42. The summed E-state index contributed by atoms with van der Waals surface area (Å²) in [5.74, 6) is 0. The van der Waals surface area contributed by atoms with Gasteiger partial charge in [-0.05, 0) is 83.6 Å². The van der Waals surface area contributed by atoms with Gasteiger partial charge < -0.3 is 10.6 Å². The van der Waals surface area contributed by atoms with Crippen LogP contribution >= 0.6 is 0 Å². The Hall–Kier alpha value is -3.52. The number of nitrogens with two attached hydrogens (primary N) is 1. The molecule has 5 rings (SSSR count). The van der Waals surface area contributed by atoms with Gasteiger partial charge in [-0.3, -0.25) is 0 Å². The highest BCUT2D eigenvalue weighted by molar-refractivity contribution is 5.86. The minimum atomic E-state index is 0.0105. The number of hydrogen-bond donors (Lipinski definition) is 1. The molecule has 0 aromatic heterocycles. The van der Waals surface area contributed by atoms with Crippen LogP contribution in [0.25, 0.3) is 11.1 Å². The topological polar surface area (TPSA) is 29.3 Å². The summed E-state index contributed by atoms with van der Waals surface area (Å²) in [6.07, 6.45) is 12.6. The summed E-state index contributed by atoms with van der Waals surface area (Å²) >= 11 is 0. The minimum Gasteiger partial charge on any atom is -0.399 e. The predicted molar refractivity (Wildman–Crippen MR) is 169 cm³/mol. The van der Waals surface area contributed by atoms with Crippen LogP contribution in [0.4, 0.5) is 22.7 Å². The lowest BCUT2D eigenvalue weighted by Crippen LogP contribution is -2.26. The standard InChI is InChI=1S/C37H44N2/c1-3-5-7-15-25-37(26-16-8-6-4-2)35-27-29(38)21-23-33(35)34-24-22-32(28-36(34)37)39(30-17-11-9-12-18-30)31-19-13-10-14-20-31/h9-14,17-24,27-28H,3-8,15-16,25-26,38H2,1-2H3. The Bertz CT molecular complexity index is 1290. The Morgan fingerprint density at radius 3 is 1.59 bits per heavy atom. The van der Waals surface area contributed by atoms with Crippen molar-refractivity contribution in [3.8, 4) is 11.1 Å². The van der Waals surface area contributed by atoms with Crippen molar-refractivity contribution in [2.75, 3.05) is 10.6 Å². The maximum Gasteiger partial charge on any atom is 0.0465 e. The van der Waals surface area contributed by atoms with Gasteiger partial charge in [0.15, 0.2) is 0 Å². The van der Waals surface area contributed by atoms with Gasteiger partial charge in [0.2, 0.25) is 0 Å². The molecule has 0 saturated heterocycles. The van der Waals surface area contributed by atoms with Crippen molar-refractivity contribution in [2.24, 2.45) is 0 Å². The van der Waals surface area contributed by atoms with E-state index in [0.717, 1.165) is 5.69 Å². The van der Waals surface area contributed by atoms with E-state index < -0.39 is 0 Å². The molecule has 0 unspecified atom stereocenters. The van der Waals surface area contributed by atoms with Gasteiger partial charge in [0.25, 0.3) is 0 Å². The molecule has 0 amide bonds. The van der Waals surface area contributed by atoms with Crippen molar-refractivity contribution in [3.05, 3.63) is 108 Å². The molecule has 0 heterocycles. The third-order valence-corrected chi connectivity index (χ3v) is 8.57. The number of benzene rings is 4. The molecule has 2 heteroatoms. The molecule has 0 aliphatic heterocycles. The summed E-state index contributed by atoms with van der Waals surface area (Å²) in [6.45, 7) is 4.60. The SMILES string of the molecule is CCCCCCC1(CCCCCC)c2cc(N)ccc2-c2ccc(N(c3ccccc3)c3ccccc3)cc21. The zero-order chi connectivity index (χ0) is 27.1. The second-order valence-corrected chi connectivity index (χ2v) is 11.2. The van der Waals surface area contributed by atoms with Crippen molar-refractivity contribution in [3.63, 3.8) is 0 Å². The lowest BCUT2D eigenvalue weighted by Gasteiger charge is -2.34. The molecular weight excluding hydrogens is 472 g/mol. The van der Waals surface area contributed by atoms with E-state index in [2.05, 4.69) is 116 Å². The first-order chi connectivity index (χ1) is 19.2. The second kappa shape index (κ2) is 12.6. The summed E-state index contributed by atoms with van der Waals surface area (Å²) in [4.78, 5) is 2.40. The van der Waals surface area contributed by atoms with Crippen LogP contribution in [-0.2, 0) is 5.41 Å². The lowest BCUT2D eigenvalue weighted by molar-refractivity contribution is 0.401. The molecule has 4 aromatic carbocycles. The smallest absolute Gasteiger partial charge is 0.0465 e. The molecule has 4 aromatic rings. The largest absolute Gasteiger partial charge is 0.399 e. The molecule has 0 atom stereocenters. The summed E-state index contributed by atoms with van der Waals surface area (Å²) in [7, 11) is 0. The molecule has 0 fully saturated rings. The van der Waals surface area contributed by atoms with Gasteiger partial charge in [0.1, 0.15) is 0 Å². The van der Waals surface area contributed by atoms with Crippen LogP contribution in [0.5, 0.6) is 0 Å². The Kier molecular flexibility index (Phi) is 8.71. The van der Waals surface area contributed by atoms with Crippen molar-refractivity contribution >= 4 is 22.7 Å². The maximum absolute atomic E-state index is 6.46. The normalized spacial score (nSPS) is 13.2. The number of nitrogen functional groups attached to an aromatic ring is 1. The van der Waals surface area contributed by atoms with Crippen molar-refractivity contribution in [2.45, 2.75) is 83.5 Å². The van der Waals surface area contributed by atoms with E-state index in [1.807, 2.05) is 0 Å². The number of para-hydroxylation sites is 2. The average Bonchev–Trinajstić information content (AvgIpc) is 3.23. The Morgan fingerprint density at radius 2 is 1.05 bits per heavy atom. The molecule has 1 aliphatic carbocycles. The van der Waals surface area contributed by atoms with Crippen LogP contribution in [0.15, 0.2) is 97.1 Å². The van der Waals surface area contributed by atoms with Gasteiger partial charge >= 0.3 is 0 Å². The van der Waals surface area contributed by atoms with Gasteiger partial charge in [-0.25, -0.2) is 0 Å². The monoisotopic (exact) mass is 516 g/mol. The molecule has 1 aliphatic rings. The molecule has 0 spiro atoms. The molecular formula is C37H44N2. The quantitative estimate of drug-likeness (QED) is 0.141. The number of unbranched alkanes of at least 4 members (excludes halogenated alkanes) is 6. The summed E-state index contributed by atoms with van der Waals surface area (Å²) in [5, 5.41) is 0. The highest BCUT2D eigenvalue weighted by atomic mass is 15.1. The average molecular weight is 517 g/mol. The van der Waals surface area contributed by atoms with Crippen molar-refractivity contribution in [1.82, 2.24) is 0 Å². The lowest BCUT2D eigenvalue weighted by atomic mass is 9.70. The summed E-state index contributed by atoms with van der Waals surface area (Å²) < 4.78 is 0. The van der Waals surface area contributed by atoms with E-state index in [-0.39, 0.29) is 5.41 Å². The molecule has 2 N–H and O–H groups in total. The predicted octanol–water partition coefficient (Wildman–Crippen LogP) is 10.9. The van der Waals surface area contributed by atoms with Gasteiger partial charge in [0, 0.05) is 28.2 Å². The third kappa shape index (κ3) is 5.62. The summed E-state index contributed by atoms with van der Waals surface area (Å²) in [6, 6.07) is 35.4. The van der Waals surface area contributed by atoms with E-state index in [1.54, 1.807) is 0 Å². The van der Waals surface area contributed by atoms with Gasteiger partial charge in [0.05, 0.1) is 0 Å². The van der Waals surface area contributed by atoms with E-state index >= 15 is 0 Å². The molecule has 0 radical (unpaired) electrons. The van der Waals surface area contributed by atoms with Crippen LogP contribution in [0.1, 0.15) is 89.2 Å². The number of nitrogens with zero attached hydrogens (tertiary/aromatic N) is 1. The van der Waals surface area contributed by atoms with Crippen LogP contribution in [0.3, 0.4) is 0 Å². The molecule has 0 saturated carbocycles. The maximum atomic E-state index is 6.46. The Morgan fingerprint density at radius 1 is 0.538 bits per heavy atom. The fraction of sp³-hybridized carbons (Fsp3) is 0.351. The first-order valence-corrected chi connectivity index (χ1v) is 15.1. The molecule has 0 bridgehead atoms. The molecule has 2 nitrogen and oxygen atoms in total. The van der Waals surface area contributed by atoms with Gasteiger partial charge in [-0.1, -0.05) is 114 Å². The summed E-state index contributed by atoms with van der Waals surface area (Å²) in [5.41, 5.74) is 16.6. The minimum absolute atomic E-state index is 0.0105. The van der Waals surface area contributed by atoms with E-state index in [0.29, 0.717) is 0 Å². The van der Waals surface area contributed by atoms with Crippen molar-refractivity contribution in [1.29, 1.82) is 0 Å². The number of fused-ring (bicyclic) bond motifs is 3. The van der Waals surface area contributed by atoms with Crippen LogP contribution in [0, 0.1) is 0 Å². The second-order valence-electron chi connectivity index (χ2n) is 11.2. The first kappa shape index (κ1) is 27.1. The number of hydrogen-bond acceptors (Lipinski definition) is 2. The zero-order valence-corrected chi connectivity index (χ0v) is 23.8. The van der Waals surface area contributed by atoms with Gasteiger partial charge in [-0.2, -0.15) is 0 Å². The van der Waals surface area contributed by atoms with Crippen LogP contribution in [-0.4, -0.2) is 0 Å². The highest BCUT2D eigenvalue weighted by Crippen LogP contribution is 2.56. The number of anilines is 4. The van der Waals surface area contributed by atoms with Crippen LogP contribution < -0.4 is 10.6 Å². The molecule has 202 valence electrons. The molecule has 39 heavy (non-hydrogen) atoms. The Labute approximate surface area is 235 Å². The van der Waals surface area contributed by atoms with E-state index in [9.17, 15) is 0 Å². The first-order valence-electron chi connectivity index (χ1n) is 15.1. The fourth-order valence-electron chi connectivity index (χ4n) is 6.61. The Balaban J connectivity index is 1.65. The fourth-order valence-corrected chi connectivity index (χ4v) is 6.61. The number of rotatable bonds is 13. The van der Waals surface area contributed by atoms with E-state index in [4.69, 9.17) is 5.73 Å². The van der Waals surface area contributed by atoms with E-state index in [1.165, 1.54) is 104 Å². The van der Waals surface area contributed by atoms with Crippen molar-refractivity contribution < 1.29 is 0 Å². The zero-order valence-electron chi connectivity index (χ0n) is 23.8. The van der Waals surface area contributed by atoms with Gasteiger partial charge in [-0.15, -0.1) is 0 Å². The third-order valence-electron chi connectivity index (χ3n) is 8.57. The van der Waals surface area contributed by atoms with Crippen LogP contribution in [0.2, 0.25) is 0 Å².